The number of allylic oxidation sites excluding steroid dienone is 1. The fourth-order valence-electron chi connectivity index (χ4n) is 3.43. The summed E-state index contributed by atoms with van der Waals surface area (Å²) < 4.78 is 2.98. The zero-order chi connectivity index (χ0) is 20.1. The molecule has 0 fully saturated rings. The van der Waals surface area contributed by atoms with Crippen LogP contribution in [-0.4, -0.2) is 16.7 Å². The van der Waals surface area contributed by atoms with E-state index in [0.29, 0.717) is 13.0 Å². The average molecular weight is 446 g/mol. The van der Waals surface area contributed by atoms with Crippen LogP contribution < -0.4 is 5.43 Å². The van der Waals surface area contributed by atoms with Crippen LogP contribution in [0.4, 0.5) is 0 Å². The number of amides is 1. The third kappa shape index (κ3) is 4.46. The van der Waals surface area contributed by atoms with E-state index in [2.05, 4.69) is 55.3 Å². The molecule has 0 bridgehead atoms. The van der Waals surface area contributed by atoms with Gasteiger partial charge in [0.1, 0.15) is 0 Å². The topological polar surface area (TPSA) is 46.4 Å². The highest BCUT2D eigenvalue weighted by molar-refractivity contribution is 9.12. The number of aryl methyl sites for hydroxylation is 1. The Hall–Kier alpha value is -3.18. The lowest BCUT2D eigenvalue weighted by Gasteiger charge is -2.06. The van der Waals surface area contributed by atoms with Crippen molar-refractivity contribution in [3.8, 4) is 0 Å². The highest BCUT2D eigenvalue weighted by Crippen LogP contribution is 2.28. The summed E-state index contributed by atoms with van der Waals surface area (Å²) in [6.45, 7) is 0.594. The molecular formula is C24H20BrN3O. The maximum Gasteiger partial charge on any atom is 0.241 e. The maximum absolute atomic E-state index is 12.3. The molecule has 0 saturated carbocycles. The molecule has 0 radical (unpaired) electrons. The van der Waals surface area contributed by atoms with E-state index in [1.807, 2.05) is 60.7 Å². The molecule has 4 nitrogen and oxygen atoms in total. The van der Waals surface area contributed by atoms with Crippen molar-refractivity contribution in [2.45, 2.75) is 13.0 Å². The SMILES string of the molecule is O=C(CCn1c2ccccc2c2ccccc21)N/N=C/C(Br)=C\c1ccccc1. The maximum atomic E-state index is 12.3. The predicted octanol–water partition coefficient (Wildman–Crippen LogP) is 5.72. The Bertz CT molecular complexity index is 1160. The summed E-state index contributed by atoms with van der Waals surface area (Å²) in [7, 11) is 0. The normalized spacial score (nSPS) is 12.1. The first-order valence-corrected chi connectivity index (χ1v) is 10.2. The zero-order valence-electron chi connectivity index (χ0n) is 15.8. The molecule has 1 aromatic heterocycles. The number of nitrogens with one attached hydrogen (secondary N) is 1. The van der Waals surface area contributed by atoms with E-state index in [9.17, 15) is 4.79 Å². The van der Waals surface area contributed by atoms with Crippen molar-refractivity contribution in [3.63, 3.8) is 0 Å². The number of fused-ring (bicyclic) bond motifs is 3. The first-order chi connectivity index (χ1) is 14.2. The van der Waals surface area contributed by atoms with Gasteiger partial charge in [0.05, 0.1) is 6.21 Å². The smallest absolute Gasteiger partial charge is 0.241 e. The number of para-hydroxylation sites is 2. The zero-order valence-corrected chi connectivity index (χ0v) is 17.3. The summed E-state index contributed by atoms with van der Waals surface area (Å²) in [6.07, 6.45) is 3.87. The minimum atomic E-state index is -0.122. The molecule has 3 aromatic carbocycles. The number of rotatable bonds is 6. The summed E-state index contributed by atoms with van der Waals surface area (Å²) in [4.78, 5) is 12.3. The third-order valence-electron chi connectivity index (χ3n) is 4.72. The van der Waals surface area contributed by atoms with Gasteiger partial charge < -0.3 is 4.57 Å². The molecular weight excluding hydrogens is 426 g/mol. The summed E-state index contributed by atoms with van der Waals surface area (Å²) in [5.41, 5.74) is 5.94. The fourth-order valence-corrected chi connectivity index (χ4v) is 3.79. The van der Waals surface area contributed by atoms with Crippen LogP contribution in [0.2, 0.25) is 0 Å². The number of hydrazone groups is 1. The molecule has 1 N–H and O–H groups in total. The minimum Gasteiger partial charge on any atom is -0.340 e. The molecule has 0 aliphatic carbocycles. The van der Waals surface area contributed by atoms with Gasteiger partial charge in [-0.05, 0) is 39.7 Å². The highest BCUT2D eigenvalue weighted by Gasteiger charge is 2.10. The van der Waals surface area contributed by atoms with Crippen molar-refractivity contribution in [1.82, 2.24) is 9.99 Å². The molecule has 0 atom stereocenters. The summed E-state index contributed by atoms with van der Waals surface area (Å²) in [6, 6.07) is 26.5. The van der Waals surface area contributed by atoms with Crippen LogP contribution in [0.1, 0.15) is 12.0 Å². The number of halogens is 1. The standard InChI is InChI=1S/C24H20BrN3O/c25-19(16-18-8-2-1-3-9-18)17-26-27-24(29)14-15-28-22-12-6-4-10-20(22)21-11-5-7-13-23(21)28/h1-13,16-17H,14-15H2,(H,27,29)/b19-16+,26-17+. The van der Waals surface area contributed by atoms with Gasteiger partial charge in [-0.25, -0.2) is 5.43 Å². The number of aromatic nitrogens is 1. The van der Waals surface area contributed by atoms with Crippen molar-refractivity contribution >= 4 is 55.9 Å². The van der Waals surface area contributed by atoms with Crippen molar-refractivity contribution in [2.75, 3.05) is 0 Å². The van der Waals surface area contributed by atoms with Crippen LogP contribution >= 0.6 is 15.9 Å². The predicted molar refractivity (Wildman–Crippen MR) is 124 cm³/mol. The number of carbonyl (C=O) groups is 1. The molecule has 1 amide bonds. The molecule has 0 aliphatic rings. The van der Waals surface area contributed by atoms with Crippen LogP contribution in [0.3, 0.4) is 0 Å². The molecule has 0 unspecified atom stereocenters. The van der Waals surface area contributed by atoms with Crippen LogP contribution in [0, 0.1) is 0 Å². The summed E-state index contributed by atoms with van der Waals surface area (Å²) in [5, 5.41) is 6.45. The lowest BCUT2D eigenvalue weighted by Crippen LogP contribution is -2.19. The van der Waals surface area contributed by atoms with Crippen LogP contribution in [0.25, 0.3) is 27.9 Å². The molecule has 144 valence electrons. The van der Waals surface area contributed by atoms with E-state index in [1.165, 1.54) is 10.8 Å². The van der Waals surface area contributed by atoms with Crippen molar-refractivity contribution < 1.29 is 4.79 Å². The number of nitrogens with zero attached hydrogens (tertiary/aromatic N) is 2. The van der Waals surface area contributed by atoms with Gasteiger partial charge in [0.15, 0.2) is 0 Å². The Morgan fingerprint density at radius 2 is 1.48 bits per heavy atom. The monoisotopic (exact) mass is 445 g/mol. The number of hydrogen-bond acceptors (Lipinski definition) is 2. The minimum absolute atomic E-state index is 0.122. The van der Waals surface area contributed by atoms with E-state index in [-0.39, 0.29) is 5.91 Å². The Labute approximate surface area is 177 Å². The second-order valence-electron chi connectivity index (χ2n) is 6.67. The Morgan fingerprint density at radius 3 is 2.14 bits per heavy atom. The first-order valence-electron chi connectivity index (χ1n) is 9.42. The van der Waals surface area contributed by atoms with E-state index >= 15 is 0 Å². The summed E-state index contributed by atoms with van der Waals surface area (Å²) >= 11 is 3.45. The van der Waals surface area contributed by atoms with Gasteiger partial charge in [-0.1, -0.05) is 66.7 Å². The summed E-state index contributed by atoms with van der Waals surface area (Å²) in [5.74, 6) is -0.122. The van der Waals surface area contributed by atoms with Gasteiger partial charge in [-0.15, -0.1) is 0 Å². The van der Waals surface area contributed by atoms with Crippen LogP contribution in [-0.2, 0) is 11.3 Å². The third-order valence-corrected chi connectivity index (χ3v) is 5.16. The lowest BCUT2D eigenvalue weighted by molar-refractivity contribution is -0.121. The van der Waals surface area contributed by atoms with Gasteiger partial charge in [-0.2, -0.15) is 5.10 Å². The molecule has 4 rings (SSSR count). The molecule has 0 aliphatic heterocycles. The molecule has 0 spiro atoms. The second-order valence-corrected chi connectivity index (χ2v) is 7.58. The van der Waals surface area contributed by atoms with E-state index in [1.54, 1.807) is 6.21 Å². The van der Waals surface area contributed by atoms with Crippen molar-refractivity contribution in [3.05, 3.63) is 88.9 Å². The Morgan fingerprint density at radius 1 is 0.897 bits per heavy atom. The molecule has 29 heavy (non-hydrogen) atoms. The van der Waals surface area contributed by atoms with Crippen LogP contribution in [0.5, 0.6) is 0 Å². The number of hydrogen-bond donors (Lipinski definition) is 1. The second kappa shape index (κ2) is 8.88. The van der Waals surface area contributed by atoms with Gasteiger partial charge in [0, 0.05) is 39.3 Å². The van der Waals surface area contributed by atoms with Gasteiger partial charge in [-0.3, -0.25) is 4.79 Å². The number of carbonyl (C=O) groups excluding carboxylic acids is 1. The van der Waals surface area contributed by atoms with E-state index < -0.39 is 0 Å². The Balaban J connectivity index is 1.42. The quantitative estimate of drug-likeness (QED) is 0.299. The molecule has 1 heterocycles. The Kier molecular flexibility index (Phi) is 5.86. The van der Waals surface area contributed by atoms with Crippen molar-refractivity contribution in [2.24, 2.45) is 5.10 Å². The molecule has 4 aromatic rings. The largest absolute Gasteiger partial charge is 0.340 e. The average Bonchev–Trinajstić information content (AvgIpc) is 3.07. The van der Waals surface area contributed by atoms with Gasteiger partial charge in [0.2, 0.25) is 5.91 Å². The number of benzene rings is 3. The van der Waals surface area contributed by atoms with Crippen LogP contribution in [0.15, 0.2) is 88.4 Å². The first kappa shape index (κ1) is 19.2. The highest BCUT2D eigenvalue weighted by atomic mass is 79.9. The molecule has 0 saturated heterocycles. The van der Waals surface area contributed by atoms with E-state index in [0.717, 1.165) is 21.1 Å². The van der Waals surface area contributed by atoms with E-state index in [4.69, 9.17) is 0 Å². The van der Waals surface area contributed by atoms with Gasteiger partial charge in [0.25, 0.3) is 0 Å². The fraction of sp³-hybridized carbons (Fsp3) is 0.0833. The lowest BCUT2D eigenvalue weighted by atomic mass is 10.2. The molecule has 5 heteroatoms. The van der Waals surface area contributed by atoms with Gasteiger partial charge >= 0.3 is 0 Å². The van der Waals surface area contributed by atoms with Crippen molar-refractivity contribution in [1.29, 1.82) is 0 Å².